The maximum absolute atomic E-state index is 12.6. The maximum Gasteiger partial charge on any atom is 0.256 e. The number of aliphatic hydroxyl groups is 1. The Morgan fingerprint density at radius 2 is 2.27 bits per heavy atom. The van der Waals surface area contributed by atoms with Crippen molar-refractivity contribution < 1.29 is 19.1 Å². The molecule has 1 aromatic carbocycles. The Morgan fingerprint density at radius 3 is 3.00 bits per heavy atom. The van der Waals surface area contributed by atoms with Crippen LogP contribution in [0.2, 0.25) is 0 Å². The zero-order chi connectivity index (χ0) is 15.5. The number of methoxy groups -OCH3 is 1. The molecule has 2 aromatic rings. The van der Waals surface area contributed by atoms with E-state index in [1.54, 1.807) is 42.5 Å². The van der Waals surface area contributed by atoms with E-state index in [1.165, 1.54) is 0 Å². The quantitative estimate of drug-likeness (QED) is 0.943. The Balaban J connectivity index is 1.80. The van der Waals surface area contributed by atoms with Crippen molar-refractivity contribution in [2.24, 2.45) is 0 Å². The molecule has 0 aliphatic carbocycles. The van der Waals surface area contributed by atoms with E-state index in [0.717, 1.165) is 18.6 Å². The van der Waals surface area contributed by atoms with Crippen LogP contribution < -0.4 is 4.74 Å². The van der Waals surface area contributed by atoms with Crippen molar-refractivity contribution in [1.82, 2.24) is 4.90 Å². The number of furan rings is 1. The minimum Gasteiger partial charge on any atom is -0.497 e. The molecule has 1 N–H and O–H groups in total. The lowest BCUT2D eigenvalue weighted by atomic mass is 10.1. The first-order valence-corrected chi connectivity index (χ1v) is 7.36. The van der Waals surface area contributed by atoms with E-state index in [2.05, 4.69) is 0 Å². The largest absolute Gasteiger partial charge is 0.497 e. The van der Waals surface area contributed by atoms with Crippen molar-refractivity contribution >= 4 is 5.91 Å². The monoisotopic (exact) mass is 301 g/mol. The first-order valence-electron chi connectivity index (χ1n) is 7.36. The predicted octanol–water partition coefficient (Wildman–Crippen LogP) is 2.69. The van der Waals surface area contributed by atoms with Gasteiger partial charge >= 0.3 is 0 Å². The molecule has 22 heavy (non-hydrogen) atoms. The molecule has 0 radical (unpaired) electrons. The Bertz CT molecular complexity index is 638. The number of nitrogens with zero attached hydrogens (tertiary/aromatic N) is 1. The molecule has 1 aromatic heterocycles. The number of likely N-dealkylation sites (tertiary alicyclic amines) is 1. The summed E-state index contributed by atoms with van der Waals surface area (Å²) in [5.74, 6) is 1.09. The number of rotatable bonds is 4. The average Bonchev–Trinajstić information content (AvgIpc) is 3.23. The highest BCUT2D eigenvalue weighted by Crippen LogP contribution is 2.34. The topological polar surface area (TPSA) is 62.9 Å². The highest BCUT2D eigenvalue weighted by Gasteiger charge is 2.35. The Hall–Kier alpha value is -2.27. The summed E-state index contributed by atoms with van der Waals surface area (Å²) >= 11 is 0. The lowest BCUT2D eigenvalue weighted by Gasteiger charge is -2.25. The zero-order valence-corrected chi connectivity index (χ0v) is 12.4. The summed E-state index contributed by atoms with van der Waals surface area (Å²) in [6.45, 7) is 0.630. The molecule has 1 fully saturated rings. The van der Waals surface area contributed by atoms with Crippen molar-refractivity contribution in [3.05, 3.63) is 54.0 Å². The van der Waals surface area contributed by atoms with Crippen LogP contribution in [0.1, 0.15) is 36.3 Å². The molecule has 2 atom stereocenters. The Kier molecular flexibility index (Phi) is 4.15. The molecule has 0 saturated carbocycles. The Morgan fingerprint density at radius 1 is 1.41 bits per heavy atom. The van der Waals surface area contributed by atoms with Crippen LogP contribution in [0.3, 0.4) is 0 Å². The van der Waals surface area contributed by atoms with Crippen molar-refractivity contribution in [1.29, 1.82) is 0 Å². The fourth-order valence-corrected chi connectivity index (χ4v) is 2.92. The normalized spacial score (nSPS) is 19.2. The molecule has 1 saturated heterocycles. The molecule has 116 valence electrons. The van der Waals surface area contributed by atoms with Crippen LogP contribution in [-0.2, 0) is 4.79 Å². The van der Waals surface area contributed by atoms with Gasteiger partial charge in [0.15, 0.2) is 6.10 Å². The van der Waals surface area contributed by atoms with Gasteiger partial charge in [0.2, 0.25) is 0 Å². The third-order valence-corrected chi connectivity index (χ3v) is 4.05. The summed E-state index contributed by atoms with van der Waals surface area (Å²) in [5.41, 5.74) is 0.537. The molecule has 0 spiro atoms. The van der Waals surface area contributed by atoms with E-state index in [9.17, 15) is 9.90 Å². The average molecular weight is 301 g/mol. The van der Waals surface area contributed by atoms with Gasteiger partial charge in [-0.05, 0) is 42.7 Å². The van der Waals surface area contributed by atoms with Gasteiger partial charge < -0.3 is 19.2 Å². The van der Waals surface area contributed by atoms with Gasteiger partial charge in [0.1, 0.15) is 11.5 Å². The molecule has 5 heteroatoms. The number of carbonyl (C=O) groups excluding carboxylic acids is 1. The summed E-state index contributed by atoms with van der Waals surface area (Å²) in [7, 11) is 1.56. The lowest BCUT2D eigenvalue weighted by Crippen LogP contribution is -2.34. The standard InChI is InChI=1S/C17H19NO4/c1-21-13-6-2-5-12(11-13)16(19)17(20)18-9-3-7-14(18)15-8-4-10-22-15/h2,4-6,8,10-11,14,16,19H,3,7,9H2,1H3. The zero-order valence-electron chi connectivity index (χ0n) is 12.4. The van der Waals surface area contributed by atoms with E-state index in [0.29, 0.717) is 17.9 Å². The van der Waals surface area contributed by atoms with Crippen molar-refractivity contribution in [2.75, 3.05) is 13.7 Å². The highest BCUT2D eigenvalue weighted by molar-refractivity contribution is 5.82. The van der Waals surface area contributed by atoms with Crippen molar-refractivity contribution in [2.45, 2.75) is 25.0 Å². The van der Waals surface area contributed by atoms with E-state index < -0.39 is 6.10 Å². The van der Waals surface area contributed by atoms with Crippen LogP contribution in [0.15, 0.2) is 47.1 Å². The fourth-order valence-electron chi connectivity index (χ4n) is 2.92. The van der Waals surface area contributed by atoms with E-state index >= 15 is 0 Å². The second-order valence-electron chi connectivity index (χ2n) is 5.38. The molecule has 3 rings (SSSR count). The van der Waals surface area contributed by atoms with Crippen LogP contribution in [0, 0.1) is 0 Å². The molecular formula is C17H19NO4. The molecule has 2 heterocycles. The minimum atomic E-state index is -1.19. The summed E-state index contributed by atoms with van der Waals surface area (Å²) < 4.78 is 10.6. The number of ether oxygens (including phenoxy) is 1. The first kappa shape index (κ1) is 14.7. The summed E-state index contributed by atoms with van der Waals surface area (Å²) in [4.78, 5) is 14.3. The maximum atomic E-state index is 12.6. The summed E-state index contributed by atoms with van der Waals surface area (Å²) in [6, 6.07) is 10.5. The Labute approximate surface area is 129 Å². The van der Waals surface area contributed by atoms with Crippen LogP contribution in [-0.4, -0.2) is 29.6 Å². The van der Waals surface area contributed by atoms with Gasteiger partial charge in [0.05, 0.1) is 19.4 Å². The molecule has 0 bridgehead atoms. The third kappa shape index (κ3) is 2.72. The van der Waals surface area contributed by atoms with Gasteiger partial charge in [-0.25, -0.2) is 0 Å². The lowest BCUT2D eigenvalue weighted by molar-refractivity contribution is -0.141. The number of aliphatic hydroxyl groups excluding tert-OH is 1. The van der Waals surface area contributed by atoms with Gasteiger partial charge in [-0.1, -0.05) is 12.1 Å². The van der Waals surface area contributed by atoms with Crippen LogP contribution >= 0.6 is 0 Å². The number of amides is 1. The van der Waals surface area contributed by atoms with Gasteiger partial charge in [0, 0.05) is 6.54 Å². The number of carbonyl (C=O) groups is 1. The smallest absolute Gasteiger partial charge is 0.256 e. The number of hydrogen-bond acceptors (Lipinski definition) is 4. The molecule has 5 nitrogen and oxygen atoms in total. The van der Waals surface area contributed by atoms with Crippen LogP contribution in [0.25, 0.3) is 0 Å². The molecular weight excluding hydrogens is 282 g/mol. The summed E-state index contributed by atoms with van der Waals surface area (Å²) in [6.07, 6.45) is 2.17. The fraction of sp³-hybridized carbons (Fsp3) is 0.353. The summed E-state index contributed by atoms with van der Waals surface area (Å²) in [5, 5.41) is 10.4. The predicted molar refractivity (Wildman–Crippen MR) is 80.3 cm³/mol. The van der Waals surface area contributed by atoms with Gasteiger partial charge in [-0.15, -0.1) is 0 Å². The highest BCUT2D eigenvalue weighted by atomic mass is 16.5. The number of benzene rings is 1. The SMILES string of the molecule is COc1cccc(C(O)C(=O)N2CCCC2c2ccco2)c1. The van der Waals surface area contributed by atoms with E-state index in [-0.39, 0.29) is 11.9 Å². The van der Waals surface area contributed by atoms with Gasteiger partial charge in [-0.2, -0.15) is 0 Å². The second kappa shape index (κ2) is 6.23. The van der Waals surface area contributed by atoms with E-state index in [4.69, 9.17) is 9.15 Å². The van der Waals surface area contributed by atoms with Crippen LogP contribution in [0.5, 0.6) is 5.75 Å². The molecule has 2 unspecified atom stereocenters. The molecule has 1 amide bonds. The second-order valence-corrected chi connectivity index (χ2v) is 5.38. The van der Waals surface area contributed by atoms with Crippen molar-refractivity contribution in [3.63, 3.8) is 0 Å². The van der Waals surface area contributed by atoms with Gasteiger partial charge in [0.25, 0.3) is 5.91 Å². The molecule has 1 aliphatic rings. The first-order chi connectivity index (χ1) is 10.7. The van der Waals surface area contributed by atoms with E-state index in [1.807, 2.05) is 12.1 Å². The van der Waals surface area contributed by atoms with Crippen LogP contribution in [0.4, 0.5) is 0 Å². The van der Waals surface area contributed by atoms with Gasteiger partial charge in [-0.3, -0.25) is 4.79 Å². The minimum absolute atomic E-state index is 0.0947. The third-order valence-electron chi connectivity index (χ3n) is 4.05. The van der Waals surface area contributed by atoms with Crippen molar-refractivity contribution in [3.8, 4) is 5.75 Å². The molecule has 1 aliphatic heterocycles. The number of hydrogen-bond donors (Lipinski definition) is 1.